The van der Waals surface area contributed by atoms with Crippen molar-refractivity contribution < 1.29 is 4.74 Å². The minimum atomic E-state index is 0.757. The Morgan fingerprint density at radius 2 is 2.06 bits per heavy atom. The number of ether oxygens (including phenoxy) is 1. The number of allylic oxidation sites excluding steroid dienone is 5. The van der Waals surface area contributed by atoms with Crippen molar-refractivity contribution >= 4 is 11.6 Å². The van der Waals surface area contributed by atoms with Gasteiger partial charge in [0.15, 0.2) is 0 Å². The van der Waals surface area contributed by atoms with Crippen LogP contribution in [0, 0.1) is 6.92 Å². The highest BCUT2D eigenvalue weighted by Gasteiger charge is 1.86. The van der Waals surface area contributed by atoms with Gasteiger partial charge in [0.05, 0.1) is 7.11 Å². The molecule has 1 nitrogen and oxygen atoms in total. The molecule has 2 heteroatoms. The van der Waals surface area contributed by atoms with Crippen molar-refractivity contribution in [2.45, 2.75) is 20.8 Å². The van der Waals surface area contributed by atoms with Gasteiger partial charge in [-0.25, -0.2) is 0 Å². The molecule has 0 bridgehead atoms. The van der Waals surface area contributed by atoms with Gasteiger partial charge in [-0.1, -0.05) is 48.0 Å². The van der Waals surface area contributed by atoms with E-state index in [0.717, 1.165) is 16.4 Å². The summed E-state index contributed by atoms with van der Waals surface area (Å²) in [4.78, 5) is 0. The van der Waals surface area contributed by atoms with Crippen LogP contribution in [0.25, 0.3) is 0 Å². The Hall–Kier alpha value is -1.47. The van der Waals surface area contributed by atoms with E-state index in [-0.39, 0.29) is 0 Å². The van der Waals surface area contributed by atoms with Gasteiger partial charge < -0.3 is 4.74 Å². The summed E-state index contributed by atoms with van der Waals surface area (Å²) in [6.07, 6.45) is 5.48. The quantitative estimate of drug-likeness (QED) is 0.676. The fourth-order valence-corrected chi connectivity index (χ4v) is 1.27. The topological polar surface area (TPSA) is 9.23 Å². The molecule has 0 unspecified atom stereocenters. The lowest BCUT2D eigenvalue weighted by atomic mass is 10.2. The Labute approximate surface area is 115 Å². The summed E-state index contributed by atoms with van der Waals surface area (Å²) in [6.45, 7) is 9.49. The van der Waals surface area contributed by atoms with Crippen molar-refractivity contribution in [3.63, 3.8) is 0 Å². The monoisotopic (exact) mass is 264 g/mol. The van der Waals surface area contributed by atoms with Crippen molar-refractivity contribution in [2.75, 3.05) is 7.11 Å². The lowest BCUT2D eigenvalue weighted by molar-refractivity contribution is 0.414. The van der Waals surface area contributed by atoms with E-state index in [0.29, 0.717) is 0 Å². The second-order valence-electron chi connectivity index (χ2n) is 3.79. The van der Waals surface area contributed by atoms with E-state index < -0.39 is 0 Å². The molecule has 1 aromatic rings. The molecular weight excluding hydrogens is 244 g/mol. The number of aryl methyl sites for hydroxylation is 1. The van der Waals surface area contributed by atoms with Gasteiger partial charge in [-0.2, -0.15) is 0 Å². The molecule has 1 aromatic carbocycles. The van der Waals surface area contributed by atoms with Crippen LogP contribution in [0.3, 0.4) is 0 Å². The zero-order valence-electron chi connectivity index (χ0n) is 11.5. The Bertz CT molecular complexity index is 430. The molecule has 0 aliphatic rings. The Morgan fingerprint density at radius 3 is 2.44 bits per heavy atom. The molecule has 0 amide bonds. The number of hydrogen-bond acceptors (Lipinski definition) is 1. The molecule has 0 aliphatic heterocycles. The van der Waals surface area contributed by atoms with Gasteiger partial charge >= 0.3 is 0 Å². The van der Waals surface area contributed by atoms with E-state index in [2.05, 4.69) is 6.58 Å². The van der Waals surface area contributed by atoms with Crippen LogP contribution in [0.2, 0.25) is 0 Å². The van der Waals surface area contributed by atoms with E-state index in [4.69, 9.17) is 16.3 Å². The summed E-state index contributed by atoms with van der Waals surface area (Å²) in [5.41, 5.74) is 2.31. The smallest absolute Gasteiger partial charge is 0.119 e. The van der Waals surface area contributed by atoms with Crippen molar-refractivity contribution in [1.29, 1.82) is 0 Å². The average molecular weight is 265 g/mol. The summed E-state index contributed by atoms with van der Waals surface area (Å²) in [5.74, 6) is 0.926. The van der Waals surface area contributed by atoms with E-state index in [1.807, 2.05) is 57.2 Å². The third-order valence-corrected chi connectivity index (χ3v) is 2.52. The molecule has 0 saturated carbocycles. The molecule has 0 aliphatic carbocycles. The third kappa shape index (κ3) is 7.75. The average Bonchev–Trinajstić information content (AvgIpc) is 2.39. The summed E-state index contributed by atoms with van der Waals surface area (Å²) in [5, 5.41) is 0.757. The Kier molecular flexibility index (Phi) is 8.77. The van der Waals surface area contributed by atoms with Crippen LogP contribution in [0.4, 0.5) is 0 Å². The highest BCUT2D eigenvalue weighted by atomic mass is 35.5. The molecule has 0 atom stereocenters. The molecule has 1 rings (SSSR count). The molecule has 98 valence electrons. The molecule has 0 radical (unpaired) electrons. The standard InChI is InChI=1S/C8H11Cl.C8H10O/c1-4-7(3)6-8(9)5-2;1-7-4-3-5-8(6-7)9-2/h4-6H,1H2,2-3H3;3-6H,1-2H3/b7-6-,8-5+;. The lowest BCUT2D eigenvalue weighted by Crippen LogP contribution is -1.81. The van der Waals surface area contributed by atoms with Crippen LogP contribution in [-0.4, -0.2) is 7.11 Å². The molecule has 0 fully saturated rings. The highest BCUT2D eigenvalue weighted by molar-refractivity contribution is 6.31. The number of methoxy groups -OCH3 is 1. The first kappa shape index (κ1) is 16.5. The van der Waals surface area contributed by atoms with E-state index in [9.17, 15) is 0 Å². The van der Waals surface area contributed by atoms with Crippen LogP contribution in [0.15, 0.2) is 59.7 Å². The fraction of sp³-hybridized carbons (Fsp3) is 0.250. The van der Waals surface area contributed by atoms with Gasteiger partial charge in [-0.15, -0.1) is 0 Å². The van der Waals surface area contributed by atoms with Crippen molar-refractivity contribution in [1.82, 2.24) is 0 Å². The Balaban J connectivity index is 0.000000321. The first-order chi connectivity index (χ1) is 8.53. The van der Waals surface area contributed by atoms with Gasteiger partial charge in [-0.05, 0) is 44.5 Å². The van der Waals surface area contributed by atoms with Gasteiger partial charge in [0.1, 0.15) is 5.75 Å². The van der Waals surface area contributed by atoms with Crippen LogP contribution in [0.1, 0.15) is 19.4 Å². The van der Waals surface area contributed by atoms with E-state index in [1.54, 1.807) is 13.2 Å². The zero-order chi connectivity index (χ0) is 14.0. The predicted octanol–water partition coefficient (Wildman–Crippen LogP) is 5.26. The van der Waals surface area contributed by atoms with Crippen LogP contribution >= 0.6 is 11.6 Å². The van der Waals surface area contributed by atoms with Crippen LogP contribution in [0.5, 0.6) is 5.75 Å². The zero-order valence-corrected chi connectivity index (χ0v) is 12.3. The van der Waals surface area contributed by atoms with Gasteiger partial charge in [0, 0.05) is 5.03 Å². The van der Waals surface area contributed by atoms with Gasteiger partial charge in [0.25, 0.3) is 0 Å². The fourth-order valence-electron chi connectivity index (χ4n) is 1.10. The van der Waals surface area contributed by atoms with Gasteiger partial charge in [-0.3, -0.25) is 0 Å². The number of rotatable bonds is 3. The van der Waals surface area contributed by atoms with Crippen molar-refractivity contribution in [2.24, 2.45) is 0 Å². The van der Waals surface area contributed by atoms with E-state index in [1.165, 1.54) is 5.56 Å². The molecule has 0 aromatic heterocycles. The number of hydrogen-bond donors (Lipinski definition) is 0. The second kappa shape index (κ2) is 9.55. The van der Waals surface area contributed by atoms with Gasteiger partial charge in [0.2, 0.25) is 0 Å². The first-order valence-electron chi connectivity index (χ1n) is 5.76. The summed E-state index contributed by atoms with van der Waals surface area (Å²) in [6, 6.07) is 7.96. The number of halogens is 1. The normalized spacial score (nSPS) is 11.4. The third-order valence-electron chi connectivity index (χ3n) is 2.19. The number of benzene rings is 1. The maximum atomic E-state index is 5.68. The van der Waals surface area contributed by atoms with Crippen molar-refractivity contribution in [3.8, 4) is 5.75 Å². The minimum Gasteiger partial charge on any atom is -0.497 e. The molecule has 18 heavy (non-hydrogen) atoms. The largest absolute Gasteiger partial charge is 0.497 e. The predicted molar refractivity (Wildman–Crippen MR) is 81.3 cm³/mol. The van der Waals surface area contributed by atoms with E-state index >= 15 is 0 Å². The summed E-state index contributed by atoms with van der Waals surface area (Å²) in [7, 11) is 1.68. The van der Waals surface area contributed by atoms with Crippen LogP contribution in [-0.2, 0) is 0 Å². The molecule has 0 N–H and O–H groups in total. The molecule has 0 spiro atoms. The maximum absolute atomic E-state index is 5.68. The molecule has 0 heterocycles. The van der Waals surface area contributed by atoms with Crippen molar-refractivity contribution in [3.05, 3.63) is 65.2 Å². The summed E-state index contributed by atoms with van der Waals surface area (Å²) < 4.78 is 5.00. The maximum Gasteiger partial charge on any atom is 0.119 e. The SMILES string of the molecule is C=C/C(C)=C\C(Cl)=C/C.COc1cccc(C)c1. The minimum absolute atomic E-state index is 0.757. The first-order valence-corrected chi connectivity index (χ1v) is 6.14. The van der Waals surface area contributed by atoms with Crippen LogP contribution < -0.4 is 4.74 Å². The highest BCUT2D eigenvalue weighted by Crippen LogP contribution is 2.10. The summed E-state index contributed by atoms with van der Waals surface area (Å²) >= 11 is 5.68. The molecule has 0 saturated heterocycles. The Morgan fingerprint density at radius 1 is 1.39 bits per heavy atom. The second-order valence-corrected chi connectivity index (χ2v) is 4.22. The lowest BCUT2D eigenvalue weighted by Gasteiger charge is -1.97. The molecular formula is C16H21ClO.